The number of carboxylic acid groups (broad SMARTS) is 1. The summed E-state index contributed by atoms with van der Waals surface area (Å²) in [5.41, 5.74) is 3.17. The van der Waals surface area contributed by atoms with Crippen molar-refractivity contribution in [2.45, 2.75) is 51.4 Å². The van der Waals surface area contributed by atoms with E-state index in [0.29, 0.717) is 40.5 Å². The van der Waals surface area contributed by atoms with E-state index in [1.807, 2.05) is 32.9 Å². The molecule has 2 aliphatic rings. The summed E-state index contributed by atoms with van der Waals surface area (Å²) in [5.74, 6) is 0.210. The highest BCUT2D eigenvalue weighted by Gasteiger charge is 2.40. The van der Waals surface area contributed by atoms with E-state index >= 15 is 0 Å². The zero-order chi connectivity index (χ0) is 26.9. The molecule has 0 bridgehead atoms. The highest BCUT2D eigenvalue weighted by atomic mass is 32.2. The molecule has 0 aromatic heterocycles. The number of hydrogen-bond acceptors (Lipinski definition) is 9. The van der Waals surface area contributed by atoms with Crippen molar-refractivity contribution in [1.29, 1.82) is 0 Å². The molecule has 2 aromatic carbocycles. The minimum Gasteiger partial charge on any atom is -0.489 e. The molecule has 0 spiro atoms. The van der Waals surface area contributed by atoms with E-state index in [9.17, 15) is 19.6 Å². The number of carbonyl (C=O) groups excluding carboxylic acids is 2. The van der Waals surface area contributed by atoms with Gasteiger partial charge in [-0.1, -0.05) is 29.1 Å². The minimum absolute atomic E-state index is 0.162. The molecule has 2 amide bonds. The average molecular weight is 529 g/mol. The van der Waals surface area contributed by atoms with Crippen LogP contribution in [0.15, 0.2) is 29.4 Å². The van der Waals surface area contributed by atoms with Crippen LogP contribution in [0.2, 0.25) is 0 Å². The lowest BCUT2D eigenvalue weighted by Gasteiger charge is -2.38. The Morgan fingerprint density at radius 1 is 1.16 bits per heavy atom. The fraction of sp³-hybridized carbons (Fsp3) is 0.385. The number of rotatable bonds is 8. The van der Waals surface area contributed by atoms with Crippen molar-refractivity contribution in [1.82, 2.24) is 5.32 Å². The molecule has 0 aliphatic carbocycles. The van der Waals surface area contributed by atoms with Crippen LogP contribution in [0.5, 0.6) is 17.2 Å². The third kappa shape index (κ3) is 5.51. The summed E-state index contributed by atoms with van der Waals surface area (Å²) in [5, 5.41) is 23.9. The summed E-state index contributed by atoms with van der Waals surface area (Å²) >= 11 is 0.993. The predicted octanol–water partition coefficient (Wildman–Crippen LogP) is 3.77. The molecule has 2 atom stereocenters. The second kappa shape index (κ2) is 10.3. The third-order valence-electron chi connectivity index (χ3n) is 6.48. The molecule has 2 heterocycles. The predicted molar refractivity (Wildman–Crippen MR) is 136 cm³/mol. The lowest BCUT2D eigenvalue weighted by atomic mass is 9.86. The van der Waals surface area contributed by atoms with Crippen LogP contribution < -0.4 is 19.5 Å². The van der Waals surface area contributed by atoms with Gasteiger partial charge in [0.05, 0.1) is 11.0 Å². The van der Waals surface area contributed by atoms with Crippen molar-refractivity contribution in [2.75, 3.05) is 13.2 Å². The molecule has 11 heteroatoms. The Kier molecular flexibility index (Phi) is 7.35. The van der Waals surface area contributed by atoms with E-state index in [1.165, 1.54) is 0 Å². The number of nitrogens with one attached hydrogen (secondary N) is 1. The average Bonchev–Trinajstić information content (AvgIpc) is 3.17. The number of thioether (sulfide) groups is 1. The highest BCUT2D eigenvalue weighted by molar-refractivity contribution is 8.15. The van der Waals surface area contributed by atoms with Crippen LogP contribution >= 0.6 is 11.8 Å². The Morgan fingerprint density at radius 3 is 2.46 bits per heavy atom. The SMILES string of the molecule is Cc1c(C)c2c(c(C)c1OCC(=O)O)/C(=N/O)CC(C)(COc1ccc(CC3SC(=O)NC3=O)cc1)O2. The van der Waals surface area contributed by atoms with Crippen LogP contribution in [0.25, 0.3) is 0 Å². The lowest BCUT2D eigenvalue weighted by molar-refractivity contribution is -0.139. The summed E-state index contributed by atoms with van der Waals surface area (Å²) in [4.78, 5) is 34.2. The van der Waals surface area contributed by atoms with E-state index < -0.39 is 23.4 Å². The number of hydrogen-bond donors (Lipinski definition) is 3. The van der Waals surface area contributed by atoms with Crippen LogP contribution in [0.3, 0.4) is 0 Å². The van der Waals surface area contributed by atoms with Gasteiger partial charge < -0.3 is 24.5 Å². The summed E-state index contributed by atoms with van der Waals surface area (Å²) < 4.78 is 18.0. The fourth-order valence-electron chi connectivity index (χ4n) is 4.51. The lowest BCUT2D eigenvalue weighted by Crippen LogP contribution is -2.45. The zero-order valence-corrected chi connectivity index (χ0v) is 21.7. The largest absolute Gasteiger partial charge is 0.489 e. The first-order valence-corrected chi connectivity index (χ1v) is 12.5. The first-order valence-electron chi connectivity index (χ1n) is 11.6. The van der Waals surface area contributed by atoms with Crippen LogP contribution in [0.4, 0.5) is 4.79 Å². The monoisotopic (exact) mass is 528 g/mol. The molecule has 10 nitrogen and oxygen atoms in total. The van der Waals surface area contributed by atoms with Crippen LogP contribution in [-0.2, 0) is 16.0 Å². The first kappa shape index (κ1) is 26.3. The van der Waals surface area contributed by atoms with Crippen LogP contribution in [-0.4, -0.2) is 57.2 Å². The molecule has 2 aromatic rings. The standard InChI is InChI=1S/C26H28N2O8S/c1-13-14(2)23-21(15(3)22(13)34-11-20(29)30)18(28-33)10-26(4,36-23)12-35-17-7-5-16(6-8-17)9-19-24(31)27-25(32)37-19/h5-8,19,33H,9-12H2,1-4H3,(H,29,30)(H,27,31,32)/b28-18+. The number of fused-ring (bicyclic) bond motifs is 1. The third-order valence-corrected chi connectivity index (χ3v) is 7.46. The van der Waals surface area contributed by atoms with Gasteiger partial charge in [0.2, 0.25) is 5.91 Å². The Balaban J connectivity index is 1.49. The summed E-state index contributed by atoms with van der Waals surface area (Å²) in [7, 11) is 0. The number of oxime groups is 1. The van der Waals surface area contributed by atoms with Gasteiger partial charge in [0.15, 0.2) is 6.61 Å². The Hall–Kier alpha value is -3.73. The van der Waals surface area contributed by atoms with Gasteiger partial charge in [0.1, 0.15) is 29.5 Å². The molecular formula is C26H28N2O8S. The molecule has 196 valence electrons. The van der Waals surface area contributed by atoms with Gasteiger partial charge in [-0.2, -0.15) is 0 Å². The van der Waals surface area contributed by atoms with Crippen LogP contribution in [0, 0.1) is 20.8 Å². The van der Waals surface area contributed by atoms with E-state index in [-0.39, 0.29) is 24.2 Å². The number of nitrogens with zero attached hydrogens (tertiary/aromatic N) is 1. The van der Waals surface area contributed by atoms with Gasteiger partial charge in [-0.15, -0.1) is 0 Å². The number of aliphatic carboxylic acids is 1. The molecule has 37 heavy (non-hydrogen) atoms. The Labute approximate surface area is 218 Å². The van der Waals surface area contributed by atoms with Crippen molar-refractivity contribution in [3.05, 3.63) is 52.1 Å². The molecule has 3 N–H and O–H groups in total. The Morgan fingerprint density at radius 2 is 1.86 bits per heavy atom. The number of amides is 2. The highest BCUT2D eigenvalue weighted by Crippen LogP contribution is 2.44. The van der Waals surface area contributed by atoms with Crippen molar-refractivity contribution in [2.24, 2.45) is 5.16 Å². The number of benzene rings is 2. The maximum absolute atomic E-state index is 11.8. The summed E-state index contributed by atoms with van der Waals surface area (Å²) in [6.07, 6.45) is 0.685. The maximum atomic E-state index is 11.8. The molecule has 0 saturated carbocycles. The van der Waals surface area contributed by atoms with E-state index in [2.05, 4.69) is 10.5 Å². The molecule has 2 aliphatic heterocycles. The summed E-state index contributed by atoms with van der Waals surface area (Å²) in [6.45, 7) is 6.99. The summed E-state index contributed by atoms with van der Waals surface area (Å²) in [6, 6.07) is 7.28. The van der Waals surface area contributed by atoms with Crippen molar-refractivity contribution in [3.63, 3.8) is 0 Å². The van der Waals surface area contributed by atoms with Crippen molar-refractivity contribution < 1.29 is 38.9 Å². The number of imide groups is 1. The fourth-order valence-corrected chi connectivity index (χ4v) is 5.37. The van der Waals surface area contributed by atoms with Crippen molar-refractivity contribution >= 4 is 34.6 Å². The molecule has 2 unspecified atom stereocenters. The van der Waals surface area contributed by atoms with E-state index in [0.717, 1.165) is 28.5 Å². The van der Waals surface area contributed by atoms with Crippen LogP contribution in [0.1, 0.15) is 41.2 Å². The number of ether oxygens (including phenoxy) is 3. The smallest absolute Gasteiger partial charge is 0.341 e. The molecule has 0 radical (unpaired) electrons. The number of carbonyl (C=O) groups is 3. The molecule has 4 rings (SSSR count). The molecular weight excluding hydrogens is 500 g/mol. The molecule has 1 saturated heterocycles. The second-order valence-corrected chi connectivity index (χ2v) is 10.6. The quantitative estimate of drug-likeness (QED) is 0.344. The maximum Gasteiger partial charge on any atom is 0.341 e. The van der Waals surface area contributed by atoms with Gasteiger partial charge in [-0.25, -0.2) is 4.79 Å². The van der Waals surface area contributed by atoms with Gasteiger partial charge in [0.25, 0.3) is 5.24 Å². The van der Waals surface area contributed by atoms with E-state index in [4.69, 9.17) is 19.3 Å². The van der Waals surface area contributed by atoms with Gasteiger partial charge in [-0.3, -0.25) is 14.9 Å². The number of carboxylic acids is 1. The van der Waals surface area contributed by atoms with Crippen molar-refractivity contribution in [3.8, 4) is 17.2 Å². The molecule has 1 fully saturated rings. The zero-order valence-electron chi connectivity index (χ0n) is 20.9. The van der Waals surface area contributed by atoms with Gasteiger partial charge >= 0.3 is 5.97 Å². The minimum atomic E-state index is -1.09. The topological polar surface area (TPSA) is 144 Å². The first-order chi connectivity index (χ1) is 17.5. The van der Waals surface area contributed by atoms with Gasteiger partial charge in [-0.05, 0) is 62.9 Å². The Bertz CT molecular complexity index is 1290. The second-order valence-electron chi connectivity index (χ2n) is 9.39. The van der Waals surface area contributed by atoms with E-state index in [1.54, 1.807) is 19.1 Å². The normalized spacial score (nSPS) is 21.8. The van der Waals surface area contributed by atoms with Gasteiger partial charge in [0, 0.05) is 17.5 Å².